The predicted octanol–water partition coefficient (Wildman–Crippen LogP) is 5.93. The van der Waals surface area contributed by atoms with E-state index < -0.39 is 12.5 Å². The quantitative estimate of drug-likeness (QED) is 0.390. The van der Waals surface area contributed by atoms with Crippen LogP contribution in [0.4, 0.5) is 14.8 Å². The maximum atomic E-state index is 13.4. The first-order chi connectivity index (χ1) is 17.7. The Morgan fingerprint density at radius 3 is 2.54 bits per heavy atom. The van der Waals surface area contributed by atoms with E-state index in [1.165, 1.54) is 4.90 Å². The number of likely N-dealkylation sites (tertiary alicyclic amines) is 1. The van der Waals surface area contributed by atoms with Crippen LogP contribution in [0.2, 0.25) is 0 Å². The second-order valence-electron chi connectivity index (χ2n) is 10.4. The van der Waals surface area contributed by atoms with Crippen LogP contribution in [0, 0.1) is 5.92 Å². The van der Waals surface area contributed by atoms with Crippen LogP contribution < -0.4 is 9.64 Å². The average Bonchev–Trinajstić information content (AvgIpc) is 3.53. The molecule has 1 aromatic heterocycles. The Balaban J connectivity index is 1.21. The molecule has 9 heteroatoms. The zero-order chi connectivity index (χ0) is 26.4. The van der Waals surface area contributed by atoms with Crippen LogP contribution in [0.15, 0.2) is 34.9 Å². The molecule has 3 heterocycles. The Morgan fingerprint density at radius 1 is 1.22 bits per heavy atom. The summed E-state index contributed by atoms with van der Waals surface area (Å²) in [4.78, 5) is 20.2. The number of rotatable bonds is 10. The summed E-state index contributed by atoms with van der Waals surface area (Å²) in [7, 11) is 0. The third-order valence-electron chi connectivity index (χ3n) is 7.20. The fourth-order valence-electron chi connectivity index (χ4n) is 4.80. The van der Waals surface area contributed by atoms with Crippen LogP contribution in [-0.2, 0) is 4.79 Å². The van der Waals surface area contributed by atoms with Crippen molar-refractivity contribution in [3.8, 4) is 5.75 Å². The van der Waals surface area contributed by atoms with Crippen LogP contribution in [0.1, 0.15) is 76.6 Å². The summed E-state index contributed by atoms with van der Waals surface area (Å²) in [6.07, 6.45) is 5.45. The first-order valence-corrected chi connectivity index (χ1v) is 13.4. The molecule has 0 atom stereocenters. The fourth-order valence-corrected chi connectivity index (χ4v) is 4.80. The maximum Gasteiger partial charge on any atom is 0.324 e. The van der Waals surface area contributed by atoms with Crippen molar-refractivity contribution >= 4 is 17.5 Å². The van der Waals surface area contributed by atoms with Gasteiger partial charge in [-0.25, -0.2) is 8.78 Å². The van der Waals surface area contributed by atoms with Crippen molar-refractivity contribution in [2.45, 2.75) is 71.1 Å². The monoisotopic (exact) mass is 516 g/mol. The molecule has 1 aromatic carbocycles. The van der Waals surface area contributed by atoms with Gasteiger partial charge in [-0.15, -0.1) is 0 Å². The Morgan fingerprint density at radius 2 is 1.95 bits per heavy atom. The van der Waals surface area contributed by atoms with Crippen LogP contribution in [0.5, 0.6) is 5.75 Å². The molecule has 2 fully saturated rings. The molecule has 0 radical (unpaired) electrons. The van der Waals surface area contributed by atoms with Gasteiger partial charge in [0, 0.05) is 38.4 Å². The van der Waals surface area contributed by atoms with E-state index >= 15 is 0 Å². The SMILES string of the molecule is CC/C(=C\CCC(=O)N1CCC(F)(F)C1)c1ccc(OCC2CCN(c3nc(C(C)C)no3)CC2)cc1. The number of alkyl halides is 2. The van der Waals surface area contributed by atoms with E-state index in [1.54, 1.807) is 0 Å². The lowest BCUT2D eigenvalue weighted by molar-refractivity contribution is -0.131. The number of piperidine rings is 1. The van der Waals surface area contributed by atoms with Gasteiger partial charge in [0.1, 0.15) is 5.75 Å². The van der Waals surface area contributed by atoms with Crippen LogP contribution >= 0.6 is 0 Å². The molecule has 0 spiro atoms. The first-order valence-electron chi connectivity index (χ1n) is 13.4. The number of nitrogens with zero attached hydrogens (tertiary/aromatic N) is 4. The summed E-state index contributed by atoms with van der Waals surface area (Å²) in [5, 5.41) is 4.06. The number of hydrogen-bond acceptors (Lipinski definition) is 6. The van der Waals surface area contributed by atoms with E-state index in [4.69, 9.17) is 9.26 Å². The molecule has 0 bridgehead atoms. The lowest BCUT2D eigenvalue weighted by Crippen LogP contribution is -2.35. The second-order valence-corrected chi connectivity index (χ2v) is 10.4. The van der Waals surface area contributed by atoms with E-state index in [9.17, 15) is 13.6 Å². The number of amides is 1. The molecule has 0 unspecified atom stereocenters. The minimum Gasteiger partial charge on any atom is -0.493 e. The number of hydrogen-bond donors (Lipinski definition) is 0. The smallest absolute Gasteiger partial charge is 0.324 e. The highest BCUT2D eigenvalue weighted by atomic mass is 19.3. The maximum absolute atomic E-state index is 13.4. The largest absolute Gasteiger partial charge is 0.493 e. The van der Waals surface area contributed by atoms with Crippen molar-refractivity contribution in [1.82, 2.24) is 15.0 Å². The molecule has 0 saturated carbocycles. The minimum absolute atomic E-state index is 0.147. The topological polar surface area (TPSA) is 71.7 Å². The normalized spacial score (nSPS) is 18.6. The first kappa shape index (κ1) is 27.1. The summed E-state index contributed by atoms with van der Waals surface area (Å²) < 4.78 is 38.2. The Labute approximate surface area is 217 Å². The van der Waals surface area contributed by atoms with Crippen molar-refractivity contribution in [3.05, 3.63) is 41.7 Å². The molecule has 2 aromatic rings. The molecular weight excluding hydrogens is 478 g/mol. The molecule has 4 rings (SSSR count). The van der Waals surface area contributed by atoms with Gasteiger partial charge >= 0.3 is 6.01 Å². The molecule has 0 aliphatic carbocycles. The highest BCUT2D eigenvalue weighted by molar-refractivity contribution is 5.77. The lowest BCUT2D eigenvalue weighted by Gasteiger charge is -2.30. The van der Waals surface area contributed by atoms with Gasteiger partial charge in [-0.1, -0.05) is 44.1 Å². The molecule has 37 heavy (non-hydrogen) atoms. The number of anilines is 1. The number of carbonyl (C=O) groups excluding carboxylic acids is 1. The second kappa shape index (κ2) is 12.0. The van der Waals surface area contributed by atoms with Gasteiger partial charge < -0.3 is 19.1 Å². The molecule has 202 valence electrons. The van der Waals surface area contributed by atoms with E-state index in [0.717, 1.165) is 55.1 Å². The van der Waals surface area contributed by atoms with Gasteiger partial charge in [0.15, 0.2) is 5.82 Å². The minimum atomic E-state index is -2.74. The molecule has 0 N–H and O–H groups in total. The van der Waals surface area contributed by atoms with Gasteiger partial charge in [-0.2, -0.15) is 4.98 Å². The van der Waals surface area contributed by atoms with Crippen molar-refractivity contribution < 1.29 is 22.8 Å². The third kappa shape index (κ3) is 7.29. The molecule has 1 amide bonds. The van der Waals surface area contributed by atoms with Gasteiger partial charge in [0.25, 0.3) is 5.92 Å². The Hall–Kier alpha value is -2.97. The van der Waals surface area contributed by atoms with Gasteiger partial charge in [0.2, 0.25) is 5.91 Å². The predicted molar refractivity (Wildman–Crippen MR) is 139 cm³/mol. The number of aromatic nitrogens is 2. The highest BCUT2D eigenvalue weighted by Gasteiger charge is 2.39. The highest BCUT2D eigenvalue weighted by Crippen LogP contribution is 2.28. The number of halogens is 2. The van der Waals surface area contributed by atoms with Crippen molar-refractivity contribution in [3.63, 3.8) is 0 Å². The Kier molecular flexibility index (Phi) is 8.82. The number of carbonyl (C=O) groups is 1. The fraction of sp³-hybridized carbons (Fsp3) is 0.607. The summed E-state index contributed by atoms with van der Waals surface area (Å²) in [5.74, 6) is -0.633. The van der Waals surface area contributed by atoms with Crippen LogP contribution in [0.3, 0.4) is 0 Å². The third-order valence-corrected chi connectivity index (χ3v) is 7.20. The summed E-state index contributed by atoms with van der Waals surface area (Å²) in [5.41, 5.74) is 2.23. The Bertz CT molecular complexity index is 1060. The number of allylic oxidation sites excluding steroid dienone is 2. The van der Waals surface area contributed by atoms with E-state index in [2.05, 4.69) is 35.8 Å². The molecule has 7 nitrogen and oxygen atoms in total. The zero-order valence-electron chi connectivity index (χ0n) is 22.1. The average molecular weight is 517 g/mol. The molecule has 2 aliphatic heterocycles. The van der Waals surface area contributed by atoms with Crippen LogP contribution in [0.25, 0.3) is 5.57 Å². The molecule has 2 saturated heterocycles. The number of ether oxygens (including phenoxy) is 1. The summed E-state index contributed by atoms with van der Waals surface area (Å²) in [6, 6.07) is 8.66. The van der Waals surface area contributed by atoms with Crippen LogP contribution in [-0.4, -0.2) is 59.7 Å². The standard InChI is InChI=1S/C28H38F2N4O3/c1-4-22(6-5-7-25(35)34-17-14-28(29,30)19-34)23-8-10-24(11-9-23)36-18-21-12-15-33(16-13-21)27-31-26(20(2)3)32-37-27/h6,8-11,20-21H,4-5,7,12-19H2,1-3H3/b22-6+. The van der Waals surface area contributed by atoms with Crippen molar-refractivity contribution in [2.24, 2.45) is 5.92 Å². The molecular formula is C28H38F2N4O3. The van der Waals surface area contributed by atoms with Gasteiger partial charge in [0.05, 0.1) is 13.2 Å². The number of benzene rings is 1. The summed E-state index contributed by atoms with van der Waals surface area (Å²) >= 11 is 0. The molecule has 2 aliphatic rings. The van der Waals surface area contributed by atoms with Gasteiger partial charge in [-0.05, 0) is 54.9 Å². The van der Waals surface area contributed by atoms with Gasteiger partial charge in [-0.3, -0.25) is 4.79 Å². The van der Waals surface area contributed by atoms with Crippen molar-refractivity contribution in [1.29, 1.82) is 0 Å². The lowest BCUT2D eigenvalue weighted by atomic mass is 9.98. The van der Waals surface area contributed by atoms with Crippen molar-refractivity contribution in [2.75, 3.05) is 37.7 Å². The van der Waals surface area contributed by atoms with E-state index in [1.807, 2.05) is 30.3 Å². The zero-order valence-corrected chi connectivity index (χ0v) is 22.1. The van der Waals surface area contributed by atoms with E-state index in [0.29, 0.717) is 25.0 Å². The van der Waals surface area contributed by atoms with E-state index in [-0.39, 0.29) is 31.2 Å². The summed E-state index contributed by atoms with van der Waals surface area (Å²) in [6.45, 7) is 8.29.